The Hall–Kier alpha value is -2.86. The van der Waals surface area contributed by atoms with Crippen LogP contribution in [0.15, 0.2) is 54.6 Å². The molecule has 4 atom stereocenters. The van der Waals surface area contributed by atoms with E-state index >= 15 is 0 Å². The van der Waals surface area contributed by atoms with E-state index in [0.717, 1.165) is 37.0 Å². The Morgan fingerprint density at radius 2 is 1.94 bits per heavy atom. The monoisotopic (exact) mass is 449 g/mol. The molecule has 1 amide bonds. The van der Waals surface area contributed by atoms with Gasteiger partial charge >= 0.3 is 5.97 Å². The summed E-state index contributed by atoms with van der Waals surface area (Å²) in [6.45, 7) is 2.42. The highest BCUT2D eigenvalue weighted by Gasteiger charge is 2.75. The third-order valence-electron chi connectivity index (χ3n) is 7.58. The lowest BCUT2D eigenvalue weighted by Gasteiger charge is -2.48. The topological polar surface area (TPSA) is 65.1 Å². The zero-order chi connectivity index (χ0) is 23.1. The number of carbonyl (C=O) groups excluding carboxylic acids is 2. The molecule has 2 aromatic carbocycles. The Kier molecular flexibility index (Phi) is 5.65. The summed E-state index contributed by atoms with van der Waals surface area (Å²) < 4.78 is 17.3. The molecule has 3 aliphatic rings. The SMILES string of the molecule is CCOC(=O)[C@@]12C[C@H]3[C@H](Cc4cccc(OC)c4)CCC[C@]3(O1)N(Cc1ccccc1)C2=O. The number of rotatable bonds is 7. The third kappa shape index (κ3) is 3.52. The average molecular weight is 450 g/mol. The van der Waals surface area contributed by atoms with Crippen LogP contribution in [-0.2, 0) is 32.0 Å². The van der Waals surface area contributed by atoms with Crippen LogP contribution in [0.25, 0.3) is 0 Å². The van der Waals surface area contributed by atoms with Crippen LogP contribution in [0.1, 0.15) is 43.7 Å². The van der Waals surface area contributed by atoms with Gasteiger partial charge in [0.2, 0.25) is 5.60 Å². The summed E-state index contributed by atoms with van der Waals surface area (Å²) in [5.41, 5.74) is -0.0530. The summed E-state index contributed by atoms with van der Waals surface area (Å²) in [5.74, 6) is 0.422. The number of methoxy groups -OCH3 is 1. The van der Waals surface area contributed by atoms with Crippen LogP contribution in [0.2, 0.25) is 0 Å². The van der Waals surface area contributed by atoms with Crippen molar-refractivity contribution in [2.45, 2.75) is 56.9 Å². The van der Waals surface area contributed by atoms with Crippen LogP contribution < -0.4 is 4.74 Å². The first kappa shape index (κ1) is 22.0. The van der Waals surface area contributed by atoms with Gasteiger partial charge in [-0.15, -0.1) is 0 Å². The number of amides is 1. The van der Waals surface area contributed by atoms with Crippen LogP contribution in [0.4, 0.5) is 0 Å². The molecule has 1 aliphatic carbocycles. The molecule has 0 radical (unpaired) electrons. The van der Waals surface area contributed by atoms with Crippen LogP contribution in [-0.4, -0.2) is 41.8 Å². The quantitative estimate of drug-likeness (QED) is 0.470. The van der Waals surface area contributed by atoms with E-state index < -0.39 is 17.3 Å². The van der Waals surface area contributed by atoms with Crippen molar-refractivity contribution in [3.8, 4) is 5.75 Å². The van der Waals surface area contributed by atoms with Gasteiger partial charge in [0.15, 0.2) is 0 Å². The molecule has 3 fully saturated rings. The van der Waals surface area contributed by atoms with Crippen LogP contribution >= 0.6 is 0 Å². The third-order valence-corrected chi connectivity index (χ3v) is 7.58. The largest absolute Gasteiger partial charge is 0.497 e. The van der Waals surface area contributed by atoms with E-state index in [1.807, 2.05) is 47.4 Å². The Labute approximate surface area is 194 Å². The molecule has 2 bridgehead atoms. The maximum atomic E-state index is 13.7. The molecular weight excluding hydrogens is 418 g/mol. The molecule has 2 aromatic rings. The van der Waals surface area contributed by atoms with Crippen molar-refractivity contribution in [2.24, 2.45) is 11.8 Å². The predicted octanol–water partition coefficient (Wildman–Crippen LogP) is 4.11. The molecular formula is C27H31NO5. The molecule has 0 unspecified atom stereocenters. The van der Waals surface area contributed by atoms with Crippen molar-refractivity contribution >= 4 is 11.9 Å². The molecule has 2 aliphatic heterocycles. The second kappa shape index (κ2) is 8.49. The van der Waals surface area contributed by atoms with Gasteiger partial charge in [-0.3, -0.25) is 4.79 Å². The number of fused-ring (bicyclic) bond motifs is 1. The first-order chi connectivity index (χ1) is 16.0. The number of esters is 1. The molecule has 2 saturated heterocycles. The fourth-order valence-corrected chi connectivity index (χ4v) is 6.17. The lowest BCUT2D eigenvalue weighted by atomic mass is 9.66. The Morgan fingerprint density at radius 1 is 1.15 bits per heavy atom. The van der Waals surface area contributed by atoms with Crippen molar-refractivity contribution in [3.63, 3.8) is 0 Å². The normalized spacial score (nSPS) is 30.2. The second-order valence-corrected chi connectivity index (χ2v) is 9.39. The predicted molar refractivity (Wildman–Crippen MR) is 122 cm³/mol. The zero-order valence-electron chi connectivity index (χ0n) is 19.3. The van der Waals surface area contributed by atoms with Gasteiger partial charge in [0.05, 0.1) is 13.7 Å². The molecule has 0 aromatic heterocycles. The fourth-order valence-electron chi connectivity index (χ4n) is 6.17. The van der Waals surface area contributed by atoms with E-state index in [4.69, 9.17) is 14.2 Å². The van der Waals surface area contributed by atoms with Crippen molar-refractivity contribution < 1.29 is 23.8 Å². The summed E-state index contributed by atoms with van der Waals surface area (Å²) in [6, 6.07) is 18.1. The number of ether oxygens (including phenoxy) is 3. The van der Waals surface area contributed by atoms with Gasteiger partial charge in [-0.1, -0.05) is 42.5 Å². The van der Waals surface area contributed by atoms with Crippen LogP contribution in [0, 0.1) is 11.8 Å². The minimum absolute atomic E-state index is 0.0725. The molecule has 1 spiro atoms. The smallest absolute Gasteiger partial charge is 0.348 e. The molecule has 0 N–H and O–H groups in total. The summed E-state index contributed by atoms with van der Waals surface area (Å²) in [5, 5.41) is 0. The standard InChI is InChI=1S/C27H31NO5/c1-3-32-25(30)26-17-23-21(15-20-11-7-13-22(16-20)31-2)12-8-14-27(23,33-26)28(24(26)29)18-19-9-5-4-6-10-19/h4-7,9-11,13,16,21,23H,3,8,12,14-15,17-18H2,1-2H3/t21-,23-,26-,27+/m0/s1. The van der Waals surface area contributed by atoms with Crippen molar-refractivity contribution in [1.82, 2.24) is 4.90 Å². The summed E-state index contributed by atoms with van der Waals surface area (Å²) >= 11 is 0. The zero-order valence-corrected chi connectivity index (χ0v) is 19.3. The van der Waals surface area contributed by atoms with Crippen molar-refractivity contribution in [1.29, 1.82) is 0 Å². The maximum absolute atomic E-state index is 13.7. The minimum atomic E-state index is -1.52. The number of likely N-dealkylation sites (tertiary alicyclic amines) is 1. The summed E-state index contributed by atoms with van der Waals surface area (Å²) in [6.07, 6.45) is 3.98. The van der Waals surface area contributed by atoms with E-state index in [9.17, 15) is 9.59 Å². The molecule has 1 saturated carbocycles. The molecule has 174 valence electrons. The van der Waals surface area contributed by atoms with Crippen LogP contribution in [0.3, 0.4) is 0 Å². The highest BCUT2D eigenvalue weighted by Crippen LogP contribution is 2.60. The molecule has 5 rings (SSSR count). The number of carbonyl (C=O) groups is 2. The molecule has 33 heavy (non-hydrogen) atoms. The average Bonchev–Trinajstić information content (AvgIpc) is 3.31. The molecule has 6 nitrogen and oxygen atoms in total. The van der Waals surface area contributed by atoms with Gasteiger partial charge in [0.1, 0.15) is 11.5 Å². The molecule has 2 heterocycles. The van der Waals surface area contributed by atoms with E-state index in [2.05, 4.69) is 12.1 Å². The Balaban J connectivity index is 1.50. The Bertz CT molecular complexity index is 1040. The summed E-state index contributed by atoms with van der Waals surface area (Å²) in [4.78, 5) is 28.6. The van der Waals surface area contributed by atoms with E-state index in [0.29, 0.717) is 18.9 Å². The van der Waals surface area contributed by atoms with E-state index in [-0.39, 0.29) is 18.4 Å². The second-order valence-electron chi connectivity index (χ2n) is 9.39. The number of benzene rings is 2. The summed E-state index contributed by atoms with van der Waals surface area (Å²) in [7, 11) is 1.68. The van der Waals surface area contributed by atoms with Crippen LogP contribution in [0.5, 0.6) is 5.75 Å². The number of nitrogens with zero attached hydrogens (tertiary/aromatic N) is 1. The van der Waals surface area contributed by atoms with Gasteiger partial charge in [-0.05, 0) is 61.8 Å². The lowest BCUT2D eigenvalue weighted by Crippen LogP contribution is -2.59. The van der Waals surface area contributed by atoms with Gasteiger partial charge < -0.3 is 19.1 Å². The van der Waals surface area contributed by atoms with E-state index in [1.54, 1.807) is 14.0 Å². The van der Waals surface area contributed by atoms with Gasteiger partial charge in [0.25, 0.3) is 5.91 Å². The lowest BCUT2D eigenvalue weighted by molar-refractivity contribution is -0.176. The van der Waals surface area contributed by atoms with E-state index in [1.165, 1.54) is 5.56 Å². The van der Waals surface area contributed by atoms with Gasteiger partial charge in [-0.25, -0.2) is 4.79 Å². The number of hydrogen-bond donors (Lipinski definition) is 0. The Morgan fingerprint density at radius 3 is 2.70 bits per heavy atom. The number of hydrogen-bond acceptors (Lipinski definition) is 5. The first-order valence-electron chi connectivity index (χ1n) is 11.9. The minimum Gasteiger partial charge on any atom is -0.497 e. The van der Waals surface area contributed by atoms with Gasteiger partial charge in [-0.2, -0.15) is 0 Å². The number of piperidine rings is 1. The highest BCUT2D eigenvalue weighted by atomic mass is 16.6. The fraction of sp³-hybridized carbons (Fsp3) is 0.481. The molecule has 6 heteroatoms. The van der Waals surface area contributed by atoms with Gasteiger partial charge in [0, 0.05) is 18.9 Å². The van der Waals surface area contributed by atoms with Crippen molar-refractivity contribution in [2.75, 3.05) is 13.7 Å². The first-order valence-corrected chi connectivity index (χ1v) is 11.9. The maximum Gasteiger partial charge on any atom is 0.348 e. The highest BCUT2D eigenvalue weighted by molar-refractivity contribution is 6.08. The van der Waals surface area contributed by atoms with Crippen molar-refractivity contribution in [3.05, 3.63) is 65.7 Å².